The molecule has 78 valence electrons. The molecule has 1 aliphatic carbocycles. The van der Waals surface area contributed by atoms with E-state index in [1.165, 1.54) is 25.7 Å². The van der Waals surface area contributed by atoms with Gasteiger partial charge in [-0.3, -0.25) is 0 Å². The van der Waals surface area contributed by atoms with Crippen molar-refractivity contribution in [2.24, 2.45) is 11.8 Å². The van der Waals surface area contributed by atoms with Gasteiger partial charge >= 0.3 is 0 Å². The fraction of sp³-hybridized carbons (Fsp3) is 1.00. The highest BCUT2D eigenvalue weighted by Crippen LogP contribution is 2.28. The first kappa shape index (κ1) is 11.0. The van der Waals surface area contributed by atoms with Crippen molar-refractivity contribution in [1.82, 2.24) is 5.32 Å². The molecule has 0 aromatic heterocycles. The van der Waals surface area contributed by atoms with Crippen molar-refractivity contribution in [2.75, 3.05) is 13.1 Å². The average molecular weight is 185 g/mol. The van der Waals surface area contributed by atoms with Crippen LogP contribution in [0.4, 0.5) is 0 Å². The maximum atomic E-state index is 9.09. The van der Waals surface area contributed by atoms with Crippen molar-refractivity contribution >= 4 is 0 Å². The second-order valence-electron chi connectivity index (χ2n) is 4.53. The molecule has 2 nitrogen and oxygen atoms in total. The third-order valence-corrected chi connectivity index (χ3v) is 3.14. The second kappa shape index (κ2) is 5.61. The number of rotatable bonds is 4. The van der Waals surface area contributed by atoms with Gasteiger partial charge in [-0.05, 0) is 31.7 Å². The van der Waals surface area contributed by atoms with E-state index in [2.05, 4.69) is 12.2 Å². The first-order valence-electron chi connectivity index (χ1n) is 5.59. The van der Waals surface area contributed by atoms with Crippen molar-refractivity contribution in [3.63, 3.8) is 0 Å². The highest BCUT2D eigenvalue weighted by atomic mass is 16.3. The highest BCUT2D eigenvalue weighted by molar-refractivity contribution is 4.74. The number of aliphatic hydroxyl groups excluding tert-OH is 1. The third-order valence-electron chi connectivity index (χ3n) is 3.14. The van der Waals surface area contributed by atoms with Gasteiger partial charge in [0.1, 0.15) is 0 Å². The molecule has 3 unspecified atom stereocenters. The zero-order valence-corrected chi connectivity index (χ0v) is 8.92. The fourth-order valence-electron chi connectivity index (χ4n) is 2.17. The molecule has 0 spiro atoms. The maximum absolute atomic E-state index is 9.09. The van der Waals surface area contributed by atoms with Crippen LogP contribution in [0.3, 0.4) is 0 Å². The Kier molecular flexibility index (Phi) is 4.74. The van der Waals surface area contributed by atoms with Gasteiger partial charge in [0.25, 0.3) is 0 Å². The minimum atomic E-state index is -0.209. The van der Waals surface area contributed by atoms with Crippen LogP contribution in [0.2, 0.25) is 0 Å². The molecule has 1 saturated carbocycles. The summed E-state index contributed by atoms with van der Waals surface area (Å²) >= 11 is 0. The zero-order valence-electron chi connectivity index (χ0n) is 8.92. The van der Waals surface area contributed by atoms with E-state index < -0.39 is 0 Å². The quantitative estimate of drug-likeness (QED) is 0.700. The van der Waals surface area contributed by atoms with Crippen molar-refractivity contribution in [3.8, 4) is 0 Å². The number of hydrogen-bond acceptors (Lipinski definition) is 2. The molecule has 0 bridgehead atoms. The van der Waals surface area contributed by atoms with Gasteiger partial charge in [0.05, 0.1) is 6.10 Å². The summed E-state index contributed by atoms with van der Waals surface area (Å²) in [7, 11) is 0. The normalized spacial score (nSPS) is 31.6. The second-order valence-corrected chi connectivity index (χ2v) is 4.53. The van der Waals surface area contributed by atoms with E-state index >= 15 is 0 Å². The van der Waals surface area contributed by atoms with E-state index in [1.807, 2.05) is 6.92 Å². The zero-order chi connectivity index (χ0) is 9.68. The first-order chi connectivity index (χ1) is 6.20. The first-order valence-corrected chi connectivity index (χ1v) is 5.59. The summed E-state index contributed by atoms with van der Waals surface area (Å²) in [4.78, 5) is 0. The average Bonchev–Trinajstić information content (AvgIpc) is 2.08. The molecule has 0 aromatic carbocycles. The Morgan fingerprint density at radius 3 is 2.69 bits per heavy atom. The Hall–Kier alpha value is -0.0800. The molecule has 1 rings (SSSR count). The number of aliphatic hydroxyl groups is 1. The molecule has 1 fully saturated rings. The Balaban J connectivity index is 2.11. The van der Waals surface area contributed by atoms with Gasteiger partial charge < -0.3 is 10.4 Å². The van der Waals surface area contributed by atoms with E-state index in [-0.39, 0.29) is 6.10 Å². The predicted molar refractivity (Wildman–Crippen MR) is 55.7 cm³/mol. The minimum absolute atomic E-state index is 0.209. The van der Waals surface area contributed by atoms with E-state index in [9.17, 15) is 0 Å². The van der Waals surface area contributed by atoms with E-state index in [1.54, 1.807) is 0 Å². The Labute approximate surface area is 81.7 Å². The van der Waals surface area contributed by atoms with Crippen LogP contribution in [0.25, 0.3) is 0 Å². The van der Waals surface area contributed by atoms with Gasteiger partial charge in [0.2, 0.25) is 0 Å². The van der Waals surface area contributed by atoms with Gasteiger partial charge in [0, 0.05) is 6.54 Å². The molecule has 0 heterocycles. The van der Waals surface area contributed by atoms with Crippen molar-refractivity contribution in [1.29, 1.82) is 0 Å². The number of hydrogen-bond donors (Lipinski definition) is 2. The van der Waals surface area contributed by atoms with Crippen LogP contribution >= 0.6 is 0 Å². The number of nitrogens with one attached hydrogen (secondary N) is 1. The lowest BCUT2D eigenvalue weighted by molar-refractivity contribution is 0.180. The molecular weight excluding hydrogens is 162 g/mol. The predicted octanol–water partition coefficient (Wildman–Crippen LogP) is 1.78. The van der Waals surface area contributed by atoms with Gasteiger partial charge in [-0.2, -0.15) is 0 Å². The molecule has 2 N–H and O–H groups in total. The fourth-order valence-corrected chi connectivity index (χ4v) is 2.17. The maximum Gasteiger partial charge on any atom is 0.0636 e. The lowest BCUT2D eigenvalue weighted by atomic mass is 9.80. The standard InChI is InChI=1S/C11H23NO/c1-9-5-3-4-6-11(9)8-12-7-10(2)13/h9-13H,3-8H2,1-2H3. The summed E-state index contributed by atoms with van der Waals surface area (Å²) in [5, 5.41) is 12.4. The molecule has 0 saturated heterocycles. The van der Waals surface area contributed by atoms with Gasteiger partial charge in [-0.15, -0.1) is 0 Å². The van der Waals surface area contributed by atoms with Crippen molar-refractivity contribution in [3.05, 3.63) is 0 Å². The van der Waals surface area contributed by atoms with E-state index in [0.29, 0.717) is 0 Å². The molecule has 0 radical (unpaired) electrons. The van der Waals surface area contributed by atoms with Gasteiger partial charge in [-0.1, -0.05) is 26.2 Å². The molecule has 13 heavy (non-hydrogen) atoms. The van der Waals surface area contributed by atoms with E-state index in [0.717, 1.165) is 24.9 Å². The molecule has 3 atom stereocenters. The minimum Gasteiger partial charge on any atom is -0.392 e. The SMILES string of the molecule is CC(O)CNCC1CCCCC1C. The van der Waals surface area contributed by atoms with Crippen LogP contribution in [-0.4, -0.2) is 24.3 Å². The van der Waals surface area contributed by atoms with Crippen LogP contribution in [0.5, 0.6) is 0 Å². The molecule has 2 heteroatoms. The molecule has 1 aliphatic rings. The van der Waals surface area contributed by atoms with Crippen LogP contribution in [0, 0.1) is 11.8 Å². The largest absolute Gasteiger partial charge is 0.392 e. The van der Waals surface area contributed by atoms with Crippen LogP contribution < -0.4 is 5.32 Å². The summed E-state index contributed by atoms with van der Waals surface area (Å²) in [5.74, 6) is 1.71. The van der Waals surface area contributed by atoms with Crippen LogP contribution in [0.1, 0.15) is 39.5 Å². The monoisotopic (exact) mass is 185 g/mol. The Morgan fingerprint density at radius 2 is 2.08 bits per heavy atom. The summed E-state index contributed by atoms with van der Waals surface area (Å²) in [6.07, 6.45) is 5.35. The van der Waals surface area contributed by atoms with Crippen LogP contribution in [-0.2, 0) is 0 Å². The molecule has 0 aromatic rings. The smallest absolute Gasteiger partial charge is 0.0636 e. The van der Waals surface area contributed by atoms with Crippen LogP contribution in [0.15, 0.2) is 0 Å². The third kappa shape index (κ3) is 4.10. The van der Waals surface area contributed by atoms with Gasteiger partial charge in [-0.25, -0.2) is 0 Å². The lowest BCUT2D eigenvalue weighted by Crippen LogP contribution is -2.33. The molecular formula is C11H23NO. The van der Waals surface area contributed by atoms with Crippen molar-refractivity contribution in [2.45, 2.75) is 45.6 Å². The summed E-state index contributed by atoms with van der Waals surface area (Å²) in [5.41, 5.74) is 0. The summed E-state index contributed by atoms with van der Waals surface area (Å²) < 4.78 is 0. The Morgan fingerprint density at radius 1 is 1.38 bits per heavy atom. The lowest BCUT2D eigenvalue weighted by Gasteiger charge is -2.29. The van der Waals surface area contributed by atoms with Gasteiger partial charge in [0.15, 0.2) is 0 Å². The molecule has 0 amide bonds. The highest BCUT2D eigenvalue weighted by Gasteiger charge is 2.20. The summed E-state index contributed by atoms with van der Waals surface area (Å²) in [6, 6.07) is 0. The van der Waals surface area contributed by atoms with E-state index in [4.69, 9.17) is 5.11 Å². The van der Waals surface area contributed by atoms with Crippen molar-refractivity contribution < 1.29 is 5.11 Å². The summed E-state index contributed by atoms with van der Waals surface area (Å²) in [6.45, 7) is 6.01. The molecule has 0 aliphatic heterocycles. The Bertz CT molecular complexity index is 136. The topological polar surface area (TPSA) is 32.3 Å².